The average Bonchev–Trinajstić information content (AvgIpc) is 3.70. The monoisotopic (exact) mass is 635 g/mol. The summed E-state index contributed by atoms with van der Waals surface area (Å²) in [5, 5.41) is 25.2. The van der Waals surface area contributed by atoms with Crippen molar-refractivity contribution in [3.05, 3.63) is 89.7 Å². The molecule has 1 aliphatic heterocycles. The molecule has 2 aromatic carbocycles. The number of carbonyl (C=O) groups excluding carboxylic acids is 3. The Hall–Kier alpha value is -5.65. The number of methoxy groups -OCH3 is 1. The van der Waals surface area contributed by atoms with E-state index in [0.717, 1.165) is 11.3 Å². The van der Waals surface area contributed by atoms with Crippen molar-refractivity contribution in [1.82, 2.24) is 34.7 Å². The lowest BCUT2D eigenvalue weighted by Crippen LogP contribution is -2.36. The van der Waals surface area contributed by atoms with E-state index in [1.165, 1.54) is 7.11 Å². The molecular weight excluding hydrogens is 598 g/mol. The van der Waals surface area contributed by atoms with Crippen LogP contribution in [0.4, 0.5) is 0 Å². The maximum absolute atomic E-state index is 13.9. The summed E-state index contributed by atoms with van der Waals surface area (Å²) >= 11 is 0. The minimum Gasteiger partial charge on any atom is -0.507 e. The van der Waals surface area contributed by atoms with E-state index in [4.69, 9.17) is 4.74 Å². The molecule has 0 radical (unpaired) electrons. The molecule has 0 saturated carbocycles. The fourth-order valence-corrected chi connectivity index (χ4v) is 5.84. The number of benzene rings is 2. The Labute approximate surface area is 272 Å². The molecule has 0 unspecified atom stereocenters. The van der Waals surface area contributed by atoms with Gasteiger partial charge in [-0.3, -0.25) is 18.8 Å². The summed E-state index contributed by atoms with van der Waals surface area (Å²) in [5.41, 5.74) is 4.45. The Morgan fingerprint density at radius 3 is 2.57 bits per heavy atom. The summed E-state index contributed by atoms with van der Waals surface area (Å²) in [6.45, 7) is 1.45. The van der Waals surface area contributed by atoms with Crippen molar-refractivity contribution in [2.24, 2.45) is 7.05 Å². The largest absolute Gasteiger partial charge is 0.507 e. The zero-order valence-electron chi connectivity index (χ0n) is 26.4. The predicted octanol–water partition coefficient (Wildman–Crippen LogP) is 3.83. The summed E-state index contributed by atoms with van der Waals surface area (Å²) in [4.78, 5) is 41.7. The van der Waals surface area contributed by atoms with Crippen molar-refractivity contribution >= 4 is 23.4 Å². The predicted molar refractivity (Wildman–Crippen MR) is 176 cm³/mol. The smallest absolute Gasteiger partial charge is 0.255 e. The van der Waals surface area contributed by atoms with Crippen molar-refractivity contribution in [2.45, 2.75) is 25.7 Å². The number of carbonyl (C=O) groups is 3. The fraction of sp³-hybridized carbons (Fsp3) is 0.286. The van der Waals surface area contributed by atoms with Crippen molar-refractivity contribution in [1.29, 1.82) is 0 Å². The van der Waals surface area contributed by atoms with Crippen LogP contribution in [0.5, 0.6) is 11.5 Å². The van der Waals surface area contributed by atoms with Gasteiger partial charge in [0.2, 0.25) is 5.91 Å². The first-order chi connectivity index (χ1) is 22.8. The van der Waals surface area contributed by atoms with Gasteiger partial charge in [-0.05, 0) is 78.9 Å². The van der Waals surface area contributed by atoms with Crippen LogP contribution in [0.1, 0.15) is 45.5 Å². The molecule has 3 N–H and O–H groups in total. The van der Waals surface area contributed by atoms with E-state index in [1.54, 1.807) is 51.9 Å². The van der Waals surface area contributed by atoms with Crippen LogP contribution in [0, 0.1) is 0 Å². The van der Waals surface area contributed by atoms with Crippen LogP contribution in [0.2, 0.25) is 0 Å². The fourth-order valence-electron chi connectivity index (χ4n) is 5.84. The number of amides is 3. The highest BCUT2D eigenvalue weighted by Crippen LogP contribution is 2.33. The number of hydrogen-bond acceptors (Lipinski definition) is 7. The van der Waals surface area contributed by atoms with Gasteiger partial charge in [-0.25, -0.2) is 0 Å². The Morgan fingerprint density at radius 2 is 1.77 bits per heavy atom. The molecule has 0 aliphatic carbocycles. The van der Waals surface area contributed by atoms with Crippen molar-refractivity contribution < 1.29 is 24.2 Å². The van der Waals surface area contributed by atoms with Gasteiger partial charge in [0, 0.05) is 57.6 Å². The lowest BCUT2D eigenvalue weighted by molar-refractivity contribution is -0.121. The van der Waals surface area contributed by atoms with Crippen LogP contribution < -0.4 is 15.4 Å². The number of phenols is 1. The molecule has 0 spiro atoms. The number of aromatic hydroxyl groups is 1. The number of aryl methyl sites for hydroxylation is 1. The Kier molecular flexibility index (Phi) is 9.18. The molecule has 12 heteroatoms. The number of hydrogen-bond donors (Lipinski definition) is 3. The number of fused-ring (bicyclic) bond motifs is 6. The molecule has 4 bridgehead atoms. The van der Waals surface area contributed by atoms with Gasteiger partial charge in [-0.2, -0.15) is 0 Å². The van der Waals surface area contributed by atoms with Gasteiger partial charge in [0.25, 0.3) is 11.8 Å². The zero-order valence-corrected chi connectivity index (χ0v) is 26.4. The summed E-state index contributed by atoms with van der Waals surface area (Å²) in [6.07, 6.45) is 5.44. The van der Waals surface area contributed by atoms with Gasteiger partial charge in [-0.15, -0.1) is 10.2 Å². The molecule has 3 amide bonds. The molecule has 5 aromatic rings. The molecule has 6 rings (SSSR count). The third-order valence-electron chi connectivity index (χ3n) is 8.38. The minimum absolute atomic E-state index is 0.0876. The first-order valence-electron chi connectivity index (χ1n) is 15.6. The molecule has 3 aromatic heterocycles. The van der Waals surface area contributed by atoms with E-state index in [0.29, 0.717) is 84.9 Å². The van der Waals surface area contributed by atoms with Crippen LogP contribution in [-0.4, -0.2) is 80.2 Å². The van der Waals surface area contributed by atoms with Crippen LogP contribution >= 0.6 is 0 Å². The van der Waals surface area contributed by atoms with E-state index >= 15 is 0 Å². The van der Waals surface area contributed by atoms with E-state index in [9.17, 15) is 19.5 Å². The highest BCUT2D eigenvalue weighted by atomic mass is 16.5. The highest BCUT2D eigenvalue weighted by Gasteiger charge is 2.20. The van der Waals surface area contributed by atoms with Crippen LogP contribution in [0.15, 0.2) is 73.1 Å². The molecule has 47 heavy (non-hydrogen) atoms. The number of aromatic nitrogens is 4. The van der Waals surface area contributed by atoms with Crippen LogP contribution in [0.25, 0.3) is 28.3 Å². The summed E-state index contributed by atoms with van der Waals surface area (Å²) in [6, 6.07) is 17.8. The molecule has 0 saturated heterocycles. The van der Waals surface area contributed by atoms with E-state index in [2.05, 4.69) is 20.8 Å². The second-order valence-corrected chi connectivity index (χ2v) is 11.5. The average molecular weight is 636 g/mol. The lowest BCUT2D eigenvalue weighted by Gasteiger charge is -2.23. The minimum atomic E-state index is -0.323. The van der Waals surface area contributed by atoms with Crippen molar-refractivity contribution in [3.63, 3.8) is 0 Å². The Balaban J connectivity index is 1.24. The van der Waals surface area contributed by atoms with E-state index in [1.807, 2.05) is 42.1 Å². The van der Waals surface area contributed by atoms with Gasteiger partial charge >= 0.3 is 0 Å². The Bertz CT molecular complexity index is 1950. The zero-order chi connectivity index (χ0) is 32.9. The second-order valence-electron chi connectivity index (χ2n) is 11.5. The third-order valence-corrected chi connectivity index (χ3v) is 8.38. The quantitative estimate of drug-likeness (QED) is 0.274. The van der Waals surface area contributed by atoms with Gasteiger partial charge in [0.15, 0.2) is 11.5 Å². The normalized spacial score (nSPS) is 14.9. The van der Waals surface area contributed by atoms with Crippen molar-refractivity contribution in [3.8, 4) is 34.1 Å². The molecule has 12 nitrogen and oxygen atoms in total. The Morgan fingerprint density at radius 1 is 0.915 bits per heavy atom. The molecule has 1 aliphatic rings. The number of rotatable bonds is 3. The summed E-state index contributed by atoms with van der Waals surface area (Å²) in [5.74, 6) is 0.509. The molecule has 0 fully saturated rings. The standard InChI is InChI=1S/C35H37N7O5/c1-40-17-3-6-28(40)33-39-38-31-13-10-25(22-42(31)33)35(46)41-18-4-7-32(44)36-16-14-23-8-11-29(43)26(20-23)24-9-12-30(47-2)27(21-24)34(45)37-15-5-19-41/h3,6,8-13,17,20-22,43H,4-5,7,14-16,18-19H2,1-2H3,(H,36,44)(H,37,45). The maximum atomic E-state index is 13.9. The van der Waals surface area contributed by atoms with Gasteiger partial charge < -0.3 is 29.9 Å². The third kappa shape index (κ3) is 6.81. The topological polar surface area (TPSA) is 143 Å². The highest BCUT2D eigenvalue weighted by molar-refractivity contribution is 5.98. The van der Waals surface area contributed by atoms with E-state index in [-0.39, 0.29) is 29.9 Å². The van der Waals surface area contributed by atoms with Crippen molar-refractivity contribution in [2.75, 3.05) is 33.3 Å². The number of pyridine rings is 1. The van der Waals surface area contributed by atoms with Gasteiger partial charge in [-0.1, -0.05) is 12.1 Å². The second kappa shape index (κ2) is 13.8. The van der Waals surface area contributed by atoms with E-state index < -0.39 is 0 Å². The lowest BCUT2D eigenvalue weighted by atomic mass is 9.98. The molecule has 4 heterocycles. The number of nitrogens with zero attached hydrogens (tertiary/aromatic N) is 5. The van der Waals surface area contributed by atoms with Crippen LogP contribution in [-0.2, 0) is 18.3 Å². The molecule has 0 atom stereocenters. The number of ether oxygens (including phenoxy) is 1. The SMILES string of the molecule is COc1ccc2cc1C(=O)NCCCN(C(=O)c1ccc3nnc(-c4cccn4C)n3c1)CCCC(=O)NCCc1ccc(O)c-2c1. The number of phenolic OH excluding ortho intramolecular Hbond substituents is 1. The van der Waals surface area contributed by atoms with Gasteiger partial charge in [0.05, 0.1) is 23.9 Å². The summed E-state index contributed by atoms with van der Waals surface area (Å²) < 4.78 is 9.21. The molecule has 242 valence electrons. The first-order valence-corrected chi connectivity index (χ1v) is 15.6. The van der Waals surface area contributed by atoms with Gasteiger partial charge in [0.1, 0.15) is 11.5 Å². The number of nitrogens with one attached hydrogen (secondary N) is 2. The van der Waals surface area contributed by atoms with Crippen LogP contribution in [0.3, 0.4) is 0 Å². The maximum Gasteiger partial charge on any atom is 0.255 e. The first kappa shape index (κ1) is 31.3. The molecular formula is C35H37N7O5. The summed E-state index contributed by atoms with van der Waals surface area (Å²) in [7, 11) is 3.42.